The Labute approximate surface area is 128 Å². The maximum Gasteiger partial charge on any atom is 0.261 e. The summed E-state index contributed by atoms with van der Waals surface area (Å²) in [5.74, 6) is 0. The number of anilines is 1. The van der Waals surface area contributed by atoms with Gasteiger partial charge in [-0.15, -0.1) is 0 Å². The van der Waals surface area contributed by atoms with E-state index in [9.17, 15) is 8.42 Å². The number of nitrogens with one attached hydrogen (secondary N) is 1. The zero-order valence-corrected chi connectivity index (χ0v) is 13.3. The molecule has 0 radical (unpaired) electrons. The number of halogens is 2. The van der Waals surface area contributed by atoms with Crippen molar-refractivity contribution in [2.75, 3.05) is 4.72 Å². The summed E-state index contributed by atoms with van der Waals surface area (Å²) in [6, 6.07) is 9.73. The van der Waals surface area contributed by atoms with Crippen LogP contribution >= 0.6 is 23.2 Å². The molecule has 6 heteroatoms. The highest BCUT2D eigenvalue weighted by molar-refractivity contribution is 7.92. The van der Waals surface area contributed by atoms with Crippen LogP contribution < -0.4 is 4.72 Å². The SMILES string of the molecule is Cc1ccc(S(=O)(=O)Nc2c(Cl)cccc2Cl)cc1C. The van der Waals surface area contributed by atoms with Gasteiger partial charge in [0.15, 0.2) is 0 Å². The molecule has 0 spiro atoms. The predicted octanol–water partition coefficient (Wildman–Crippen LogP) is 4.41. The molecule has 0 aliphatic rings. The Morgan fingerprint density at radius 3 is 2.10 bits per heavy atom. The minimum atomic E-state index is -3.72. The quantitative estimate of drug-likeness (QED) is 0.906. The van der Waals surface area contributed by atoms with Crippen molar-refractivity contribution in [2.24, 2.45) is 0 Å². The zero-order valence-electron chi connectivity index (χ0n) is 10.9. The van der Waals surface area contributed by atoms with Gasteiger partial charge >= 0.3 is 0 Å². The van der Waals surface area contributed by atoms with Gasteiger partial charge in [-0.25, -0.2) is 8.42 Å². The van der Waals surface area contributed by atoms with Gasteiger partial charge in [-0.1, -0.05) is 35.3 Å². The lowest BCUT2D eigenvalue weighted by Crippen LogP contribution is -2.14. The van der Waals surface area contributed by atoms with Crippen LogP contribution in [0.4, 0.5) is 5.69 Å². The Kier molecular flexibility index (Phi) is 4.28. The van der Waals surface area contributed by atoms with Gasteiger partial charge in [-0.3, -0.25) is 4.72 Å². The monoisotopic (exact) mass is 329 g/mol. The van der Waals surface area contributed by atoms with Crippen molar-refractivity contribution in [1.82, 2.24) is 0 Å². The lowest BCUT2D eigenvalue weighted by atomic mass is 10.1. The van der Waals surface area contributed by atoms with Gasteiger partial charge in [0.1, 0.15) is 0 Å². The average Bonchev–Trinajstić information content (AvgIpc) is 2.37. The Bertz CT molecular complexity index is 738. The number of hydrogen-bond acceptors (Lipinski definition) is 2. The van der Waals surface area contributed by atoms with Crippen LogP contribution in [0.3, 0.4) is 0 Å². The van der Waals surface area contributed by atoms with Crippen molar-refractivity contribution in [3.05, 3.63) is 57.6 Å². The molecule has 0 fully saturated rings. The summed E-state index contributed by atoms with van der Waals surface area (Å²) in [7, 11) is -3.72. The zero-order chi connectivity index (χ0) is 14.9. The van der Waals surface area contributed by atoms with Crippen LogP contribution in [0.25, 0.3) is 0 Å². The van der Waals surface area contributed by atoms with E-state index in [1.807, 2.05) is 13.8 Å². The van der Waals surface area contributed by atoms with Crippen LogP contribution in [0.1, 0.15) is 11.1 Å². The average molecular weight is 330 g/mol. The summed E-state index contributed by atoms with van der Waals surface area (Å²) in [4.78, 5) is 0.177. The van der Waals surface area contributed by atoms with E-state index in [1.54, 1.807) is 36.4 Å². The molecular formula is C14H13Cl2NO2S. The summed E-state index contributed by atoms with van der Waals surface area (Å²) in [5, 5.41) is 0.509. The highest BCUT2D eigenvalue weighted by Crippen LogP contribution is 2.32. The molecule has 2 aromatic carbocycles. The minimum absolute atomic E-state index is 0.177. The third kappa shape index (κ3) is 3.08. The third-order valence-corrected chi connectivity index (χ3v) is 4.97. The second-order valence-corrected chi connectivity index (χ2v) is 6.95. The van der Waals surface area contributed by atoms with Crippen molar-refractivity contribution >= 4 is 38.9 Å². The molecular weight excluding hydrogens is 317 g/mol. The molecule has 0 amide bonds. The van der Waals surface area contributed by atoms with Gasteiger partial charge in [0.2, 0.25) is 0 Å². The normalized spacial score (nSPS) is 11.4. The van der Waals surface area contributed by atoms with Crippen molar-refractivity contribution in [3.63, 3.8) is 0 Å². The highest BCUT2D eigenvalue weighted by Gasteiger charge is 2.18. The van der Waals surface area contributed by atoms with Crippen LogP contribution in [-0.2, 0) is 10.0 Å². The molecule has 0 saturated heterocycles. The summed E-state index contributed by atoms with van der Waals surface area (Å²) >= 11 is 11.9. The van der Waals surface area contributed by atoms with Crippen LogP contribution in [0, 0.1) is 13.8 Å². The first kappa shape index (κ1) is 15.2. The van der Waals surface area contributed by atoms with E-state index in [2.05, 4.69) is 4.72 Å². The van der Waals surface area contributed by atoms with Crippen LogP contribution in [0.5, 0.6) is 0 Å². The van der Waals surface area contributed by atoms with Gasteiger partial charge in [-0.05, 0) is 49.2 Å². The summed E-state index contributed by atoms with van der Waals surface area (Å²) in [5.41, 5.74) is 2.12. The molecule has 106 valence electrons. The lowest BCUT2D eigenvalue weighted by Gasteiger charge is -2.12. The van der Waals surface area contributed by atoms with E-state index in [0.29, 0.717) is 0 Å². The minimum Gasteiger partial charge on any atom is -0.277 e. The van der Waals surface area contributed by atoms with E-state index in [1.165, 1.54) is 0 Å². The molecule has 2 aromatic rings. The Morgan fingerprint density at radius 2 is 1.55 bits per heavy atom. The second kappa shape index (κ2) is 5.64. The fourth-order valence-electron chi connectivity index (χ4n) is 1.67. The molecule has 0 atom stereocenters. The molecule has 0 heterocycles. The van der Waals surface area contributed by atoms with E-state index < -0.39 is 10.0 Å². The third-order valence-electron chi connectivity index (χ3n) is 2.99. The first-order valence-electron chi connectivity index (χ1n) is 5.85. The van der Waals surface area contributed by atoms with Gasteiger partial charge in [0.05, 0.1) is 20.6 Å². The van der Waals surface area contributed by atoms with Crippen molar-refractivity contribution in [2.45, 2.75) is 18.7 Å². The fraction of sp³-hybridized carbons (Fsp3) is 0.143. The molecule has 0 aromatic heterocycles. The molecule has 1 N–H and O–H groups in total. The molecule has 3 nitrogen and oxygen atoms in total. The molecule has 0 bridgehead atoms. The maximum absolute atomic E-state index is 12.3. The molecule has 0 aliphatic carbocycles. The van der Waals surface area contributed by atoms with Gasteiger partial charge < -0.3 is 0 Å². The Hall–Kier alpha value is -1.23. The van der Waals surface area contributed by atoms with E-state index in [4.69, 9.17) is 23.2 Å². The Morgan fingerprint density at radius 1 is 0.950 bits per heavy atom. The van der Waals surface area contributed by atoms with Crippen LogP contribution in [-0.4, -0.2) is 8.42 Å². The second-order valence-electron chi connectivity index (χ2n) is 4.45. The van der Waals surface area contributed by atoms with Crippen molar-refractivity contribution in [1.29, 1.82) is 0 Å². The molecule has 20 heavy (non-hydrogen) atoms. The predicted molar refractivity (Wildman–Crippen MR) is 83.2 cm³/mol. The van der Waals surface area contributed by atoms with Gasteiger partial charge in [-0.2, -0.15) is 0 Å². The number of para-hydroxylation sites is 1. The number of benzene rings is 2. The molecule has 0 saturated carbocycles. The summed E-state index contributed by atoms with van der Waals surface area (Å²) < 4.78 is 27.1. The fourth-order valence-corrected chi connectivity index (χ4v) is 3.46. The molecule has 2 rings (SSSR count). The number of sulfonamides is 1. The number of hydrogen-bond donors (Lipinski definition) is 1. The van der Waals surface area contributed by atoms with Crippen molar-refractivity contribution < 1.29 is 8.42 Å². The van der Waals surface area contributed by atoms with Crippen molar-refractivity contribution in [3.8, 4) is 0 Å². The summed E-state index contributed by atoms with van der Waals surface area (Å²) in [6.07, 6.45) is 0. The van der Waals surface area contributed by atoms with E-state index >= 15 is 0 Å². The van der Waals surface area contributed by atoms with E-state index in [0.717, 1.165) is 11.1 Å². The van der Waals surface area contributed by atoms with Gasteiger partial charge in [0.25, 0.3) is 10.0 Å². The summed E-state index contributed by atoms with van der Waals surface area (Å²) in [6.45, 7) is 3.78. The topological polar surface area (TPSA) is 46.2 Å². The smallest absolute Gasteiger partial charge is 0.261 e. The lowest BCUT2D eigenvalue weighted by molar-refractivity contribution is 0.601. The standard InChI is InChI=1S/C14H13Cl2NO2S/c1-9-6-7-11(8-10(9)2)20(18,19)17-14-12(15)4-3-5-13(14)16/h3-8,17H,1-2H3. The van der Waals surface area contributed by atoms with Crippen LogP contribution in [0.2, 0.25) is 10.0 Å². The van der Waals surface area contributed by atoms with Crippen LogP contribution in [0.15, 0.2) is 41.3 Å². The number of aryl methyl sites for hydroxylation is 2. The highest BCUT2D eigenvalue weighted by atomic mass is 35.5. The Balaban J connectivity index is 2.43. The molecule has 0 unspecified atom stereocenters. The first-order chi connectivity index (χ1) is 9.31. The van der Waals surface area contributed by atoms with E-state index in [-0.39, 0.29) is 20.6 Å². The van der Waals surface area contributed by atoms with Gasteiger partial charge in [0, 0.05) is 0 Å². The maximum atomic E-state index is 12.3. The molecule has 0 aliphatic heterocycles. The largest absolute Gasteiger partial charge is 0.277 e. The first-order valence-corrected chi connectivity index (χ1v) is 8.09. The number of rotatable bonds is 3.